The lowest BCUT2D eigenvalue weighted by molar-refractivity contribution is -0.385. The first-order chi connectivity index (χ1) is 18.3. The van der Waals surface area contributed by atoms with Gasteiger partial charge >= 0.3 is 0 Å². The number of aryl methyl sites for hydroxylation is 1. The number of hydrogen-bond acceptors (Lipinski definition) is 9. The van der Waals surface area contributed by atoms with Crippen LogP contribution in [0, 0.1) is 27.2 Å². The average Bonchev–Trinajstić information content (AvgIpc) is 3.53. The van der Waals surface area contributed by atoms with Crippen LogP contribution in [0.2, 0.25) is 0 Å². The Morgan fingerprint density at radius 3 is 1.63 bits per heavy atom. The van der Waals surface area contributed by atoms with Crippen LogP contribution >= 0.6 is 22.7 Å². The van der Waals surface area contributed by atoms with Gasteiger partial charge in [-0.1, -0.05) is 24.3 Å². The molecule has 6 aromatic rings. The number of aromatic nitrogens is 2. The van der Waals surface area contributed by atoms with Gasteiger partial charge in [0.25, 0.3) is 11.4 Å². The maximum atomic E-state index is 10.7. The largest absolute Gasteiger partial charge is 0.507 e. The second-order valence-corrected chi connectivity index (χ2v) is 10.2. The van der Waals surface area contributed by atoms with Crippen LogP contribution in [0.4, 0.5) is 11.4 Å². The molecule has 11 heteroatoms. The van der Waals surface area contributed by atoms with E-state index in [1.165, 1.54) is 29.5 Å². The van der Waals surface area contributed by atoms with Crippen LogP contribution in [0.15, 0.2) is 84.9 Å². The van der Waals surface area contributed by atoms with Crippen LogP contribution < -0.4 is 0 Å². The van der Waals surface area contributed by atoms with Gasteiger partial charge in [0.05, 0.1) is 41.9 Å². The minimum atomic E-state index is -0.540. The highest BCUT2D eigenvalue weighted by molar-refractivity contribution is 7.22. The van der Waals surface area contributed by atoms with Crippen LogP contribution in [-0.4, -0.2) is 24.9 Å². The van der Waals surface area contributed by atoms with Crippen LogP contribution in [-0.2, 0) is 0 Å². The first-order valence-corrected chi connectivity index (χ1v) is 12.9. The van der Waals surface area contributed by atoms with E-state index in [0.29, 0.717) is 10.6 Å². The Morgan fingerprint density at radius 2 is 1.16 bits per heavy atom. The minimum Gasteiger partial charge on any atom is -0.507 e. The number of para-hydroxylation sites is 2. The number of nitro benzene ring substituents is 2. The molecule has 4 aromatic carbocycles. The van der Waals surface area contributed by atoms with Crippen molar-refractivity contribution >= 4 is 54.5 Å². The molecule has 188 valence electrons. The zero-order chi connectivity index (χ0) is 26.8. The number of thiazole rings is 2. The Labute approximate surface area is 223 Å². The summed E-state index contributed by atoms with van der Waals surface area (Å²) in [6.45, 7) is 1.87. The highest BCUT2D eigenvalue weighted by Crippen LogP contribution is 2.37. The fraction of sp³-hybridized carbons (Fsp3) is 0.0370. The van der Waals surface area contributed by atoms with E-state index >= 15 is 0 Å². The third-order valence-corrected chi connectivity index (χ3v) is 7.80. The number of rotatable bonds is 4. The molecule has 0 atom stereocenters. The maximum Gasteiger partial charge on any atom is 0.273 e. The molecule has 0 fully saturated rings. The standard InChI is InChI=1S/C14H10N2O2S.C13H8N2O3S/c1-9-8-10(16(17)18)6-7-11(9)14-15-12-4-2-3-5-13(12)19-14;16-11-7-8(15(17)18)5-6-9(11)13-14-10-3-1-2-4-12(10)19-13/h2-8H,1H3;1-7,16H. The molecule has 0 bridgehead atoms. The van der Waals surface area contributed by atoms with Crippen molar-refractivity contribution in [2.24, 2.45) is 0 Å². The van der Waals surface area contributed by atoms with Gasteiger partial charge < -0.3 is 5.11 Å². The highest BCUT2D eigenvalue weighted by atomic mass is 32.1. The van der Waals surface area contributed by atoms with Crippen molar-refractivity contribution in [2.45, 2.75) is 6.92 Å². The molecule has 0 saturated heterocycles. The number of nitrogens with zero attached hydrogens (tertiary/aromatic N) is 4. The number of benzene rings is 4. The molecule has 38 heavy (non-hydrogen) atoms. The lowest BCUT2D eigenvalue weighted by Gasteiger charge is -2.01. The third-order valence-electron chi connectivity index (χ3n) is 5.66. The van der Waals surface area contributed by atoms with Gasteiger partial charge in [0.15, 0.2) is 0 Å². The monoisotopic (exact) mass is 542 g/mol. The van der Waals surface area contributed by atoms with Crippen LogP contribution in [0.25, 0.3) is 41.6 Å². The zero-order valence-corrected chi connectivity index (χ0v) is 21.4. The molecule has 1 N–H and O–H groups in total. The fourth-order valence-electron chi connectivity index (χ4n) is 3.79. The van der Waals surface area contributed by atoms with Gasteiger partial charge in [-0.05, 0) is 48.9 Å². The number of nitro groups is 2. The molecule has 2 aromatic heterocycles. The smallest absolute Gasteiger partial charge is 0.273 e. The molecule has 0 amide bonds. The number of fused-ring (bicyclic) bond motifs is 2. The summed E-state index contributed by atoms with van der Waals surface area (Å²) in [5.74, 6) is -0.131. The van der Waals surface area contributed by atoms with Crippen LogP contribution in [0.3, 0.4) is 0 Å². The van der Waals surface area contributed by atoms with E-state index in [1.807, 2.05) is 55.5 Å². The van der Waals surface area contributed by atoms with Gasteiger partial charge in [-0.25, -0.2) is 9.97 Å². The summed E-state index contributed by atoms with van der Waals surface area (Å²) in [6, 6.07) is 24.5. The maximum absolute atomic E-state index is 10.7. The van der Waals surface area contributed by atoms with Crippen molar-refractivity contribution in [1.82, 2.24) is 9.97 Å². The number of phenolic OH excluding ortho intramolecular Hbond substituents is 1. The van der Waals surface area contributed by atoms with Crippen molar-refractivity contribution in [3.05, 3.63) is 111 Å². The van der Waals surface area contributed by atoms with Crippen molar-refractivity contribution in [3.8, 4) is 26.9 Å². The van der Waals surface area contributed by atoms with E-state index in [-0.39, 0.29) is 22.0 Å². The third kappa shape index (κ3) is 5.05. The normalized spacial score (nSPS) is 10.8. The molecule has 2 heterocycles. The summed E-state index contributed by atoms with van der Waals surface area (Å²) in [6.07, 6.45) is 0. The van der Waals surface area contributed by atoms with Crippen molar-refractivity contribution in [1.29, 1.82) is 0 Å². The molecule has 0 unspecified atom stereocenters. The van der Waals surface area contributed by atoms with E-state index in [4.69, 9.17) is 0 Å². The zero-order valence-electron chi connectivity index (χ0n) is 19.8. The summed E-state index contributed by atoms with van der Waals surface area (Å²) in [5.41, 5.74) is 4.11. The summed E-state index contributed by atoms with van der Waals surface area (Å²) in [4.78, 5) is 29.4. The van der Waals surface area contributed by atoms with Crippen molar-refractivity contribution < 1.29 is 15.0 Å². The Balaban J connectivity index is 0.000000155. The highest BCUT2D eigenvalue weighted by Gasteiger charge is 2.15. The van der Waals surface area contributed by atoms with Gasteiger partial charge in [-0.15, -0.1) is 22.7 Å². The minimum absolute atomic E-state index is 0.113. The first-order valence-electron chi connectivity index (χ1n) is 11.2. The number of aromatic hydroxyl groups is 1. The summed E-state index contributed by atoms with van der Waals surface area (Å²) >= 11 is 3.04. The Hall–Kier alpha value is -4.74. The molecule has 0 spiro atoms. The van der Waals surface area contributed by atoms with E-state index in [1.54, 1.807) is 23.5 Å². The first kappa shape index (κ1) is 24.9. The molecular weight excluding hydrogens is 524 g/mol. The Bertz CT molecular complexity index is 1630. The molecule has 0 aliphatic rings. The van der Waals surface area contributed by atoms with Gasteiger partial charge in [0, 0.05) is 23.8 Å². The number of phenols is 1. The van der Waals surface area contributed by atoms with E-state index in [2.05, 4.69) is 9.97 Å². The van der Waals surface area contributed by atoms with Gasteiger partial charge in [-0.2, -0.15) is 0 Å². The van der Waals surface area contributed by atoms with E-state index < -0.39 is 4.92 Å². The quantitative estimate of drug-likeness (QED) is 0.178. The van der Waals surface area contributed by atoms with Crippen molar-refractivity contribution in [2.75, 3.05) is 0 Å². The van der Waals surface area contributed by atoms with Crippen molar-refractivity contribution in [3.63, 3.8) is 0 Å². The average molecular weight is 543 g/mol. The lowest BCUT2D eigenvalue weighted by atomic mass is 10.1. The molecule has 0 radical (unpaired) electrons. The molecule has 0 aliphatic heterocycles. The molecule has 9 nitrogen and oxygen atoms in total. The molecule has 0 aliphatic carbocycles. The molecule has 6 rings (SSSR count). The van der Waals surface area contributed by atoms with Crippen LogP contribution in [0.1, 0.15) is 5.56 Å². The summed E-state index contributed by atoms with van der Waals surface area (Å²) in [5, 5.41) is 32.8. The van der Waals surface area contributed by atoms with Gasteiger partial charge in [0.1, 0.15) is 15.8 Å². The Morgan fingerprint density at radius 1 is 0.684 bits per heavy atom. The summed E-state index contributed by atoms with van der Waals surface area (Å²) in [7, 11) is 0. The summed E-state index contributed by atoms with van der Waals surface area (Å²) < 4.78 is 2.13. The van der Waals surface area contributed by atoms with Gasteiger partial charge in [-0.3, -0.25) is 20.2 Å². The lowest BCUT2D eigenvalue weighted by Crippen LogP contribution is -1.90. The number of hydrogen-bond donors (Lipinski definition) is 1. The number of non-ortho nitro benzene ring substituents is 2. The SMILES string of the molecule is Cc1cc([N+](=O)[O-])ccc1-c1nc2ccccc2s1.O=[N+]([O-])c1ccc(-c2nc3ccccc3s2)c(O)c1. The second kappa shape index (κ2) is 10.3. The fourth-order valence-corrected chi connectivity index (χ4v) is 5.85. The predicted molar refractivity (Wildman–Crippen MR) is 150 cm³/mol. The predicted octanol–water partition coefficient (Wildman–Crippen LogP) is 7.76. The Kier molecular flexibility index (Phi) is 6.77. The second-order valence-electron chi connectivity index (χ2n) is 8.19. The van der Waals surface area contributed by atoms with E-state index in [9.17, 15) is 25.3 Å². The molecule has 0 saturated carbocycles. The van der Waals surface area contributed by atoms with Gasteiger partial charge in [0.2, 0.25) is 0 Å². The topological polar surface area (TPSA) is 132 Å². The molecular formula is C27H18N4O5S2. The van der Waals surface area contributed by atoms with Crippen LogP contribution in [0.5, 0.6) is 5.75 Å². The van der Waals surface area contributed by atoms with E-state index in [0.717, 1.165) is 42.6 Å².